The Labute approximate surface area is 150 Å². The number of hydrogen-bond donors (Lipinski definition) is 2. The molecule has 1 saturated heterocycles. The molecule has 8 heteroatoms. The molecule has 3 rings (SSSR count). The van der Waals surface area contributed by atoms with Crippen LogP contribution in [0.25, 0.3) is 0 Å². The van der Waals surface area contributed by atoms with E-state index < -0.39 is 0 Å². The zero-order valence-corrected chi connectivity index (χ0v) is 15.2. The van der Waals surface area contributed by atoms with E-state index in [1.54, 1.807) is 44.2 Å². The molecule has 2 heterocycles. The van der Waals surface area contributed by atoms with E-state index in [2.05, 4.69) is 15.0 Å². The lowest BCUT2D eigenvalue weighted by molar-refractivity contribution is -0.117. The molecule has 0 bridgehead atoms. The van der Waals surface area contributed by atoms with Crippen molar-refractivity contribution < 1.29 is 14.3 Å². The Bertz CT molecular complexity index is 818. The van der Waals surface area contributed by atoms with Crippen molar-refractivity contribution in [2.75, 3.05) is 36.2 Å². The summed E-state index contributed by atoms with van der Waals surface area (Å²) in [6.07, 6.45) is 1.36. The molecule has 0 radical (unpaired) electrons. The molecule has 1 aliphatic rings. The summed E-state index contributed by atoms with van der Waals surface area (Å²) in [7, 11) is 3.32. The first-order chi connectivity index (χ1) is 12.0. The molecule has 0 saturated carbocycles. The molecule has 1 aromatic carbocycles. The van der Waals surface area contributed by atoms with Crippen LogP contribution in [0.3, 0.4) is 0 Å². The molecule has 1 aliphatic heterocycles. The van der Waals surface area contributed by atoms with Gasteiger partial charge in [-0.15, -0.1) is 0 Å². The Kier molecular flexibility index (Phi) is 4.89. The van der Waals surface area contributed by atoms with Gasteiger partial charge in [-0.1, -0.05) is 0 Å². The lowest BCUT2D eigenvalue weighted by atomic mass is 10.2. The summed E-state index contributed by atoms with van der Waals surface area (Å²) in [6.45, 7) is 2.46. The molecular formula is C17H20N4O3S. The number of aromatic nitrogens is 1. The summed E-state index contributed by atoms with van der Waals surface area (Å²) >= 11 is 1.25. The normalized spacial score (nSPS) is 13.9. The highest BCUT2D eigenvalue weighted by molar-refractivity contribution is 7.10. The highest BCUT2D eigenvalue weighted by Crippen LogP contribution is 2.34. The molecule has 2 aromatic rings. The minimum Gasteiger partial charge on any atom is -0.495 e. The fourth-order valence-corrected chi connectivity index (χ4v) is 3.63. The van der Waals surface area contributed by atoms with E-state index in [0.29, 0.717) is 41.3 Å². The number of carbonyl (C=O) groups excluding carboxylic acids is 2. The minimum absolute atomic E-state index is 0.0668. The number of rotatable bonds is 5. The van der Waals surface area contributed by atoms with Gasteiger partial charge in [0, 0.05) is 25.7 Å². The standard InChI is InChI=1S/C17H20N4O3S/c1-10-15(17(18-2)25-20-10)16(23)19-11-6-7-13(24-3)12(9-11)21-8-4-5-14(21)22/h6-7,9,18H,4-5,8H2,1-3H3,(H,19,23). The van der Waals surface area contributed by atoms with Gasteiger partial charge in [0.25, 0.3) is 5.91 Å². The zero-order valence-electron chi connectivity index (χ0n) is 14.4. The van der Waals surface area contributed by atoms with Crippen molar-refractivity contribution in [2.24, 2.45) is 0 Å². The molecule has 0 spiro atoms. The van der Waals surface area contributed by atoms with Crippen LogP contribution in [0, 0.1) is 6.92 Å². The number of benzene rings is 1. The Hall–Kier alpha value is -2.61. The zero-order chi connectivity index (χ0) is 18.0. The maximum Gasteiger partial charge on any atom is 0.260 e. The van der Waals surface area contributed by atoms with E-state index >= 15 is 0 Å². The van der Waals surface area contributed by atoms with E-state index in [0.717, 1.165) is 11.4 Å². The lowest BCUT2D eigenvalue weighted by Gasteiger charge is -2.20. The molecule has 2 N–H and O–H groups in total. The smallest absolute Gasteiger partial charge is 0.260 e. The van der Waals surface area contributed by atoms with Gasteiger partial charge in [0.2, 0.25) is 5.91 Å². The van der Waals surface area contributed by atoms with Crippen LogP contribution >= 0.6 is 11.5 Å². The predicted octanol–water partition coefficient (Wildman–Crippen LogP) is 2.88. The highest BCUT2D eigenvalue weighted by Gasteiger charge is 2.25. The summed E-state index contributed by atoms with van der Waals surface area (Å²) in [5.41, 5.74) is 2.49. The Morgan fingerprint density at radius 1 is 1.40 bits per heavy atom. The van der Waals surface area contributed by atoms with Gasteiger partial charge in [-0.2, -0.15) is 4.37 Å². The van der Waals surface area contributed by atoms with E-state index in [4.69, 9.17) is 4.74 Å². The first kappa shape index (κ1) is 17.2. The third kappa shape index (κ3) is 3.30. The molecule has 1 fully saturated rings. The van der Waals surface area contributed by atoms with E-state index in [-0.39, 0.29) is 11.8 Å². The number of ether oxygens (including phenoxy) is 1. The van der Waals surface area contributed by atoms with Gasteiger partial charge in [0.1, 0.15) is 10.8 Å². The van der Waals surface area contributed by atoms with Crippen molar-refractivity contribution in [1.29, 1.82) is 0 Å². The summed E-state index contributed by atoms with van der Waals surface area (Å²) in [4.78, 5) is 26.4. The second-order valence-corrected chi connectivity index (χ2v) is 6.49. The third-order valence-electron chi connectivity index (χ3n) is 4.12. The van der Waals surface area contributed by atoms with E-state index in [1.165, 1.54) is 11.5 Å². The maximum absolute atomic E-state index is 12.6. The second-order valence-electron chi connectivity index (χ2n) is 5.71. The van der Waals surface area contributed by atoms with Gasteiger partial charge in [0.05, 0.1) is 24.1 Å². The van der Waals surface area contributed by atoms with Crippen LogP contribution in [-0.4, -0.2) is 36.9 Å². The van der Waals surface area contributed by atoms with Crippen LogP contribution in [0.4, 0.5) is 16.4 Å². The van der Waals surface area contributed by atoms with Gasteiger partial charge in [0.15, 0.2) is 0 Å². The van der Waals surface area contributed by atoms with Crippen LogP contribution in [0.2, 0.25) is 0 Å². The Morgan fingerprint density at radius 2 is 2.20 bits per heavy atom. The van der Waals surface area contributed by atoms with Crippen molar-refractivity contribution in [2.45, 2.75) is 19.8 Å². The number of anilines is 3. The van der Waals surface area contributed by atoms with Crippen molar-refractivity contribution in [3.8, 4) is 5.75 Å². The molecule has 0 aliphatic carbocycles. The summed E-state index contributed by atoms with van der Waals surface area (Å²) in [5, 5.41) is 6.59. The van der Waals surface area contributed by atoms with Gasteiger partial charge in [-0.05, 0) is 43.1 Å². The van der Waals surface area contributed by atoms with Crippen LogP contribution < -0.4 is 20.3 Å². The first-order valence-corrected chi connectivity index (χ1v) is 8.76. The molecular weight excluding hydrogens is 340 g/mol. The number of nitrogens with zero attached hydrogens (tertiary/aromatic N) is 2. The van der Waals surface area contributed by atoms with E-state index in [1.807, 2.05) is 0 Å². The fraction of sp³-hybridized carbons (Fsp3) is 0.353. The Balaban J connectivity index is 1.89. The molecule has 0 unspecified atom stereocenters. The molecule has 7 nitrogen and oxygen atoms in total. The topological polar surface area (TPSA) is 83.6 Å². The maximum atomic E-state index is 12.6. The quantitative estimate of drug-likeness (QED) is 0.857. The molecule has 25 heavy (non-hydrogen) atoms. The largest absolute Gasteiger partial charge is 0.495 e. The van der Waals surface area contributed by atoms with Gasteiger partial charge in [-0.25, -0.2) is 0 Å². The highest BCUT2D eigenvalue weighted by atomic mass is 32.1. The summed E-state index contributed by atoms with van der Waals surface area (Å²) < 4.78 is 9.58. The number of nitrogens with one attached hydrogen (secondary N) is 2. The average molecular weight is 360 g/mol. The summed E-state index contributed by atoms with van der Waals surface area (Å²) in [6, 6.07) is 5.29. The molecule has 2 amide bonds. The molecule has 1 aromatic heterocycles. The Morgan fingerprint density at radius 3 is 2.84 bits per heavy atom. The average Bonchev–Trinajstić information content (AvgIpc) is 3.20. The number of hydrogen-bond acceptors (Lipinski definition) is 6. The number of methoxy groups -OCH3 is 1. The second kappa shape index (κ2) is 7.10. The summed E-state index contributed by atoms with van der Waals surface area (Å²) in [5.74, 6) is 0.439. The number of carbonyl (C=O) groups is 2. The number of amides is 2. The minimum atomic E-state index is -0.237. The fourth-order valence-electron chi connectivity index (χ4n) is 2.88. The van der Waals surface area contributed by atoms with Gasteiger partial charge >= 0.3 is 0 Å². The number of aryl methyl sites for hydroxylation is 1. The van der Waals surface area contributed by atoms with Crippen molar-refractivity contribution in [3.05, 3.63) is 29.5 Å². The van der Waals surface area contributed by atoms with Crippen molar-refractivity contribution in [3.63, 3.8) is 0 Å². The van der Waals surface area contributed by atoms with Crippen LogP contribution in [0.15, 0.2) is 18.2 Å². The predicted molar refractivity (Wildman–Crippen MR) is 98.9 cm³/mol. The molecule has 132 valence electrons. The van der Waals surface area contributed by atoms with E-state index in [9.17, 15) is 9.59 Å². The van der Waals surface area contributed by atoms with Crippen LogP contribution in [0.1, 0.15) is 28.9 Å². The lowest BCUT2D eigenvalue weighted by Crippen LogP contribution is -2.24. The van der Waals surface area contributed by atoms with Gasteiger partial charge < -0.3 is 20.3 Å². The van der Waals surface area contributed by atoms with Crippen molar-refractivity contribution >= 4 is 39.7 Å². The van der Waals surface area contributed by atoms with Crippen LogP contribution in [-0.2, 0) is 4.79 Å². The SMILES string of the molecule is CNc1snc(C)c1C(=O)Nc1ccc(OC)c(N2CCCC2=O)c1. The molecule has 0 atom stereocenters. The van der Waals surface area contributed by atoms with Crippen LogP contribution in [0.5, 0.6) is 5.75 Å². The monoisotopic (exact) mass is 360 g/mol. The van der Waals surface area contributed by atoms with Gasteiger partial charge in [-0.3, -0.25) is 9.59 Å². The third-order valence-corrected chi connectivity index (χ3v) is 5.07. The van der Waals surface area contributed by atoms with Crippen molar-refractivity contribution in [1.82, 2.24) is 4.37 Å². The first-order valence-electron chi connectivity index (χ1n) is 7.99.